The molecule has 1 aliphatic carbocycles. The minimum absolute atomic E-state index is 0.132. The molecule has 0 amide bonds. The van der Waals surface area contributed by atoms with Crippen LogP contribution in [0.1, 0.15) is 52.7 Å². The van der Waals surface area contributed by atoms with Gasteiger partial charge in [0.2, 0.25) is 0 Å². The third-order valence-electron chi connectivity index (χ3n) is 4.63. The molecule has 0 unspecified atom stereocenters. The Kier molecular flexibility index (Phi) is 6.37. The zero-order valence-corrected chi connectivity index (χ0v) is 15.6. The van der Waals surface area contributed by atoms with Crippen LogP contribution in [0.3, 0.4) is 0 Å². The average Bonchev–Trinajstić information content (AvgIpc) is 3.38. The van der Waals surface area contributed by atoms with Gasteiger partial charge in [-0.25, -0.2) is 0 Å². The summed E-state index contributed by atoms with van der Waals surface area (Å²) in [5.74, 6) is -0.148. The highest BCUT2D eigenvalue weighted by molar-refractivity contribution is 6.07. The monoisotopic (exact) mass is 360 g/mol. The van der Waals surface area contributed by atoms with Crippen molar-refractivity contribution in [3.05, 3.63) is 95.1 Å². The zero-order valence-electron chi connectivity index (χ0n) is 15.6. The van der Waals surface area contributed by atoms with Crippen molar-refractivity contribution < 1.29 is 14.3 Å². The van der Waals surface area contributed by atoms with Crippen molar-refractivity contribution in [1.29, 1.82) is 0 Å². The van der Waals surface area contributed by atoms with Gasteiger partial charge in [0.05, 0.1) is 12.5 Å². The van der Waals surface area contributed by atoms with Gasteiger partial charge in [-0.3, -0.25) is 9.59 Å². The van der Waals surface area contributed by atoms with E-state index in [0.717, 1.165) is 35.1 Å². The standard InChI is InChI=1S/C24H24O3/c1-2-27-22(25)13-9-10-18-14-16-19(17-15-18)24(26)23-20-11-7-5-3-4-6-8-12-21(20)23/h3-8,11-12,14-17,23H,2,9-10,13H2,1H3. The normalized spacial score (nSPS) is 11.9. The minimum Gasteiger partial charge on any atom is -0.466 e. The predicted octanol–water partition coefficient (Wildman–Crippen LogP) is 5.03. The van der Waals surface area contributed by atoms with E-state index < -0.39 is 0 Å². The van der Waals surface area contributed by atoms with E-state index in [9.17, 15) is 9.59 Å². The highest BCUT2D eigenvalue weighted by atomic mass is 16.5. The van der Waals surface area contributed by atoms with Crippen molar-refractivity contribution in [2.45, 2.75) is 32.1 Å². The summed E-state index contributed by atoms with van der Waals surface area (Å²) in [6.45, 7) is 2.23. The van der Waals surface area contributed by atoms with Crippen LogP contribution in [0.5, 0.6) is 0 Å². The Morgan fingerprint density at radius 1 is 0.852 bits per heavy atom. The molecule has 1 aliphatic rings. The van der Waals surface area contributed by atoms with Gasteiger partial charge in [-0.1, -0.05) is 72.8 Å². The molecule has 27 heavy (non-hydrogen) atoms. The number of hydrogen-bond acceptors (Lipinski definition) is 3. The van der Waals surface area contributed by atoms with Crippen LogP contribution in [0.15, 0.2) is 72.8 Å². The summed E-state index contributed by atoms with van der Waals surface area (Å²) in [6, 6.07) is 23.6. The molecule has 0 aliphatic heterocycles. The second-order valence-electron chi connectivity index (χ2n) is 6.55. The van der Waals surface area contributed by atoms with Crippen molar-refractivity contribution in [3.63, 3.8) is 0 Å². The molecule has 0 saturated carbocycles. The van der Waals surface area contributed by atoms with Crippen LogP contribution in [-0.4, -0.2) is 18.4 Å². The molecule has 2 aromatic carbocycles. The van der Waals surface area contributed by atoms with Crippen molar-refractivity contribution >= 4 is 11.8 Å². The van der Waals surface area contributed by atoms with Gasteiger partial charge < -0.3 is 4.74 Å². The smallest absolute Gasteiger partial charge is 0.305 e. The number of ketones is 1. The quantitative estimate of drug-likeness (QED) is 0.514. The number of Topliss-reactive ketones (excluding diaryl/α,β-unsaturated/α-hetero) is 1. The zero-order chi connectivity index (χ0) is 19.1. The van der Waals surface area contributed by atoms with Gasteiger partial charge in [-0.05, 0) is 36.5 Å². The van der Waals surface area contributed by atoms with Gasteiger partial charge >= 0.3 is 5.97 Å². The number of rotatable bonds is 7. The Morgan fingerprint density at radius 3 is 2.04 bits per heavy atom. The van der Waals surface area contributed by atoms with Crippen LogP contribution >= 0.6 is 0 Å². The van der Waals surface area contributed by atoms with Crippen LogP contribution in [-0.2, 0) is 16.0 Å². The predicted molar refractivity (Wildman–Crippen MR) is 106 cm³/mol. The lowest BCUT2D eigenvalue weighted by atomic mass is 10.0. The van der Waals surface area contributed by atoms with Gasteiger partial charge in [-0.2, -0.15) is 0 Å². The first-order valence-corrected chi connectivity index (χ1v) is 9.41. The molecule has 0 aromatic heterocycles. The maximum Gasteiger partial charge on any atom is 0.305 e. The van der Waals surface area contributed by atoms with Crippen LogP contribution in [0.25, 0.3) is 0 Å². The topological polar surface area (TPSA) is 43.4 Å². The molecular weight excluding hydrogens is 336 g/mol. The Morgan fingerprint density at radius 2 is 1.44 bits per heavy atom. The van der Waals surface area contributed by atoms with Gasteiger partial charge in [0.15, 0.2) is 5.78 Å². The van der Waals surface area contributed by atoms with Gasteiger partial charge in [0.25, 0.3) is 0 Å². The third kappa shape index (κ3) is 5.04. The average molecular weight is 360 g/mol. The van der Waals surface area contributed by atoms with Crippen molar-refractivity contribution in [2.75, 3.05) is 6.61 Å². The Labute approximate surface area is 160 Å². The van der Waals surface area contributed by atoms with Crippen molar-refractivity contribution in [2.24, 2.45) is 0 Å². The molecular formula is C24H24O3. The summed E-state index contributed by atoms with van der Waals surface area (Å²) in [7, 11) is 0. The van der Waals surface area contributed by atoms with Gasteiger partial charge in [0, 0.05) is 12.0 Å². The number of carbonyl (C=O) groups is 2. The summed E-state index contributed by atoms with van der Waals surface area (Å²) < 4.78 is 4.94. The van der Waals surface area contributed by atoms with E-state index in [1.807, 2.05) is 79.7 Å². The lowest BCUT2D eigenvalue weighted by Gasteiger charge is -2.04. The van der Waals surface area contributed by atoms with Gasteiger partial charge in [-0.15, -0.1) is 0 Å². The maximum absolute atomic E-state index is 12.8. The minimum atomic E-state index is -0.154. The highest BCUT2D eigenvalue weighted by Crippen LogP contribution is 2.44. The molecule has 0 fully saturated rings. The summed E-state index contributed by atoms with van der Waals surface area (Å²) in [4.78, 5) is 24.2. The van der Waals surface area contributed by atoms with Gasteiger partial charge in [0.1, 0.15) is 0 Å². The molecule has 0 atom stereocenters. The summed E-state index contributed by atoms with van der Waals surface area (Å²) in [6.07, 6.45) is 1.98. The molecule has 0 radical (unpaired) electrons. The van der Waals surface area contributed by atoms with Crippen LogP contribution in [0.2, 0.25) is 0 Å². The Hall–Kier alpha value is -2.94. The van der Waals surface area contributed by atoms with E-state index >= 15 is 0 Å². The summed E-state index contributed by atoms with van der Waals surface area (Å²) >= 11 is 0. The molecule has 3 heteroatoms. The Bertz CT molecular complexity index is 833. The number of esters is 1. The SMILES string of the molecule is CCOC(=O)CCCc1ccc(C(=O)C2c3ccccccccc32)cc1. The van der Waals surface area contributed by atoms with Crippen molar-refractivity contribution in [1.82, 2.24) is 0 Å². The number of aryl methyl sites for hydroxylation is 1. The van der Waals surface area contributed by atoms with E-state index in [0.29, 0.717) is 13.0 Å². The van der Waals surface area contributed by atoms with Crippen molar-refractivity contribution in [3.8, 4) is 0 Å². The number of benzene rings is 1. The molecule has 0 heterocycles. The number of carbonyl (C=O) groups excluding carboxylic acids is 2. The first kappa shape index (κ1) is 18.8. The maximum atomic E-state index is 12.8. The molecule has 0 spiro atoms. The van der Waals surface area contributed by atoms with Crippen LogP contribution in [0, 0.1) is 0 Å². The van der Waals surface area contributed by atoms with E-state index in [-0.39, 0.29) is 17.7 Å². The molecule has 3 nitrogen and oxygen atoms in total. The van der Waals surface area contributed by atoms with E-state index in [1.165, 1.54) is 0 Å². The molecule has 0 N–H and O–H groups in total. The fourth-order valence-electron chi connectivity index (χ4n) is 3.17. The summed E-state index contributed by atoms with van der Waals surface area (Å²) in [5.41, 5.74) is 4.04. The van der Waals surface area contributed by atoms with Crippen LogP contribution in [0.4, 0.5) is 0 Å². The van der Waals surface area contributed by atoms with Crippen LogP contribution < -0.4 is 0 Å². The first-order valence-electron chi connectivity index (χ1n) is 9.41. The molecule has 138 valence electrons. The fraction of sp³-hybridized carbons (Fsp3) is 0.250. The van der Waals surface area contributed by atoms with E-state index in [2.05, 4.69) is 0 Å². The number of fused-ring (bicyclic) bond motifs is 1. The third-order valence-corrected chi connectivity index (χ3v) is 4.63. The number of ether oxygens (including phenoxy) is 1. The second-order valence-corrected chi connectivity index (χ2v) is 6.55. The molecule has 0 saturated heterocycles. The largest absolute Gasteiger partial charge is 0.466 e. The van der Waals surface area contributed by atoms with E-state index in [4.69, 9.17) is 4.74 Å². The second kappa shape index (κ2) is 9.13. The number of hydrogen-bond donors (Lipinski definition) is 0. The highest BCUT2D eigenvalue weighted by Gasteiger charge is 2.37. The van der Waals surface area contributed by atoms with E-state index in [1.54, 1.807) is 0 Å². The summed E-state index contributed by atoms with van der Waals surface area (Å²) in [5, 5.41) is 0. The molecule has 3 rings (SSSR count). The lowest BCUT2D eigenvalue weighted by Crippen LogP contribution is -2.04. The molecule has 0 bridgehead atoms. The first-order chi connectivity index (χ1) is 13.2. The fourth-order valence-corrected chi connectivity index (χ4v) is 3.17. The molecule has 2 aromatic rings. The Balaban J connectivity index is 1.62. The lowest BCUT2D eigenvalue weighted by molar-refractivity contribution is -0.143.